The smallest absolute Gasteiger partial charge is 0.251 e. The number of likely N-dealkylation sites (tertiary alicyclic amines) is 1. The molecule has 1 saturated heterocycles. The molecule has 31 heavy (non-hydrogen) atoms. The molecule has 5 nitrogen and oxygen atoms in total. The third-order valence-corrected chi connectivity index (χ3v) is 5.93. The lowest BCUT2D eigenvalue weighted by molar-refractivity contribution is -0.139. The van der Waals surface area contributed by atoms with E-state index in [9.17, 15) is 14.4 Å². The summed E-state index contributed by atoms with van der Waals surface area (Å²) in [4.78, 5) is 37.3. The van der Waals surface area contributed by atoms with E-state index in [0.717, 1.165) is 12.0 Å². The maximum absolute atomic E-state index is 12.5. The zero-order valence-corrected chi connectivity index (χ0v) is 19.2. The third-order valence-electron chi connectivity index (χ3n) is 5.93. The maximum atomic E-state index is 12.5. The molecule has 0 unspecified atom stereocenters. The molecule has 2 aromatic carbocycles. The first-order valence-corrected chi connectivity index (χ1v) is 10.9. The molecule has 3 amide bonds. The molecule has 1 aliphatic rings. The normalized spacial score (nSPS) is 14.3. The van der Waals surface area contributed by atoms with Crippen LogP contribution in [0.15, 0.2) is 36.4 Å². The highest BCUT2D eigenvalue weighted by Crippen LogP contribution is 2.27. The Morgan fingerprint density at radius 1 is 0.968 bits per heavy atom. The second-order valence-electron chi connectivity index (χ2n) is 9.42. The van der Waals surface area contributed by atoms with Crippen LogP contribution >= 0.6 is 0 Å². The van der Waals surface area contributed by atoms with Crippen LogP contribution in [0.2, 0.25) is 0 Å². The molecule has 0 radical (unpaired) electrons. The summed E-state index contributed by atoms with van der Waals surface area (Å²) < 4.78 is 0. The zero-order chi connectivity index (χ0) is 22.8. The van der Waals surface area contributed by atoms with Gasteiger partial charge in [0.2, 0.25) is 11.8 Å². The Morgan fingerprint density at radius 3 is 2.03 bits per heavy atom. The third kappa shape index (κ3) is 5.40. The summed E-state index contributed by atoms with van der Waals surface area (Å²) in [6.07, 6.45) is 1.36. The minimum Gasteiger partial charge on any atom is -0.352 e. The summed E-state index contributed by atoms with van der Waals surface area (Å²) in [5.41, 5.74) is 6.65. The molecule has 164 valence electrons. The van der Waals surface area contributed by atoms with Gasteiger partial charge in [0.05, 0.1) is 6.54 Å². The number of imide groups is 1. The van der Waals surface area contributed by atoms with Gasteiger partial charge < -0.3 is 5.32 Å². The van der Waals surface area contributed by atoms with Gasteiger partial charge in [0.25, 0.3) is 5.91 Å². The number of aryl methyl sites for hydroxylation is 2. The van der Waals surface area contributed by atoms with E-state index in [1.807, 2.05) is 0 Å². The van der Waals surface area contributed by atoms with Gasteiger partial charge in [-0.15, -0.1) is 0 Å². The van der Waals surface area contributed by atoms with Gasteiger partial charge in [0.15, 0.2) is 0 Å². The van der Waals surface area contributed by atoms with Crippen LogP contribution < -0.4 is 5.32 Å². The average Bonchev–Trinajstić information content (AvgIpc) is 3.01. The summed E-state index contributed by atoms with van der Waals surface area (Å²) in [5.74, 6) is -0.387. The molecular formula is C26H32N2O3. The monoisotopic (exact) mass is 420 g/mol. The molecule has 1 aliphatic heterocycles. The van der Waals surface area contributed by atoms with Crippen LogP contribution in [0.5, 0.6) is 0 Å². The van der Waals surface area contributed by atoms with Crippen LogP contribution in [-0.4, -0.2) is 29.2 Å². The molecule has 0 spiro atoms. The van der Waals surface area contributed by atoms with E-state index in [1.54, 1.807) is 24.3 Å². The van der Waals surface area contributed by atoms with Crippen molar-refractivity contribution in [3.05, 3.63) is 69.8 Å². The molecule has 0 aromatic heterocycles. The first-order chi connectivity index (χ1) is 14.6. The second kappa shape index (κ2) is 9.04. The van der Waals surface area contributed by atoms with E-state index in [0.29, 0.717) is 12.1 Å². The van der Waals surface area contributed by atoms with Crippen molar-refractivity contribution < 1.29 is 14.4 Å². The predicted octanol–water partition coefficient (Wildman–Crippen LogP) is 4.22. The molecule has 0 saturated carbocycles. The van der Waals surface area contributed by atoms with Crippen molar-refractivity contribution in [3.8, 4) is 0 Å². The fraction of sp³-hybridized carbons (Fsp3) is 0.423. The van der Waals surface area contributed by atoms with Crippen molar-refractivity contribution in [3.63, 3.8) is 0 Å². The van der Waals surface area contributed by atoms with E-state index in [1.165, 1.54) is 27.2 Å². The highest BCUT2D eigenvalue weighted by atomic mass is 16.2. The summed E-state index contributed by atoms with van der Waals surface area (Å²) in [6.45, 7) is 11.7. The van der Waals surface area contributed by atoms with Crippen molar-refractivity contribution in [2.24, 2.45) is 0 Å². The van der Waals surface area contributed by atoms with Crippen molar-refractivity contribution in [1.29, 1.82) is 0 Å². The molecule has 0 atom stereocenters. The van der Waals surface area contributed by atoms with Crippen molar-refractivity contribution >= 4 is 17.7 Å². The quantitative estimate of drug-likeness (QED) is 0.712. The zero-order valence-electron chi connectivity index (χ0n) is 19.2. The van der Waals surface area contributed by atoms with E-state index in [-0.39, 0.29) is 42.5 Å². The van der Waals surface area contributed by atoms with Gasteiger partial charge >= 0.3 is 0 Å². The number of nitrogens with one attached hydrogen (secondary N) is 1. The number of carbonyl (C=O) groups excluding carboxylic acids is 3. The van der Waals surface area contributed by atoms with Crippen LogP contribution in [0.25, 0.3) is 0 Å². The predicted molar refractivity (Wildman–Crippen MR) is 122 cm³/mol. The minimum atomic E-state index is -0.132. The van der Waals surface area contributed by atoms with Gasteiger partial charge in [-0.3, -0.25) is 19.3 Å². The van der Waals surface area contributed by atoms with Crippen LogP contribution in [-0.2, 0) is 28.0 Å². The Hall–Kier alpha value is -2.95. The number of nitrogens with zero attached hydrogens (tertiary/aromatic N) is 1. The first kappa shape index (κ1) is 22.7. The van der Waals surface area contributed by atoms with E-state index in [4.69, 9.17) is 0 Å². The number of rotatable bonds is 6. The molecule has 1 heterocycles. The molecule has 0 aliphatic carbocycles. The number of hydrogen-bond donors (Lipinski definition) is 1. The molecule has 1 N–H and O–H groups in total. The van der Waals surface area contributed by atoms with Gasteiger partial charge in [-0.1, -0.05) is 45.0 Å². The molecule has 0 bridgehead atoms. The van der Waals surface area contributed by atoms with Crippen molar-refractivity contribution in [2.45, 2.75) is 65.8 Å². The highest BCUT2D eigenvalue weighted by Gasteiger charge is 2.28. The number of carbonyl (C=O) groups is 3. The van der Waals surface area contributed by atoms with Crippen molar-refractivity contribution in [1.82, 2.24) is 10.2 Å². The first-order valence-electron chi connectivity index (χ1n) is 10.9. The van der Waals surface area contributed by atoms with E-state index in [2.05, 4.69) is 52.1 Å². The Bertz CT molecular complexity index is 961. The average molecular weight is 421 g/mol. The van der Waals surface area contributed by atoms with Crippen LogP contribution in [0, 0.1) is 13.8 Å². The molecule has 1 fully saturated rings. The summed E-state index contributed by atoms with van der Waals surface area (Å²) in [7, 11) is 0. The number of hydrogen-bond acceptors (Lipinski definition) is 3. The largest absolute Gasteiger partial charge is 0.352 e. The Kier molecular flexibility index (Phi) is 6.63. The van der Waals surface area contributed by atoms with Gasteiger partial charge in [-0.05, 0) is 65.6 Å². The number of amides is 3. The highest BCUT2D eigenvalue weighted by molar-refractivity contribution is 6.01. The molecule has 5 heteroatoms. The van der Waals surface area contributed by atoms with Gasteiger partial charge in [-0.2, -0.15) is 0 Å². The maximum Gasteiger partial charge on any atom is 0.251 e. The Balaban J connectivity index is 1.57. The fourth-order valence-corrected chi connectivity index (χ4v) is 3.97. The lowest BCUT2D eigenvalue weighted by Gasteiger charge is -2.22. The summed E-state index contributed by atoms with van der Waals surface area (Å²) >= 11 is 0. The standard InChI is InChI=1S/C26H32N2O3/c1-17-14-21(26(3,4)5)15-18(2)22(17)12-13-27-25(31)20-8-6-19(7-9-20)16-28-23(29)10-11-24(28)30/h6-9,14-15H,10-13,16H2,1-5H3,(H,27,31). The molecule has 2 aromatic rings. The lowest BCUT2D eigenvalue weighted by atomic mass is 9.83. The van der Waals surface area contributed by atoms with E-state index >= 15 is 0 Å². The Labute approximate surface area is 184 Å². The second-order valence-corrected chi connectivity index (χ2v) is 9.42. The van der Waals surface area contributed by atoms with Gasteiger partial charge in [0, 0.05) is 24.9 Å². The van der Waals surface area contributed by atoms with Gasteiger partial charge in [-0.25, -0.2) is 0 Å². The summed E-state index contributed by atoms with van der Waals surface area (Å²) in [6, 6.07) is 11.6. The minimum absolute atomic E-state index is 0.115. The topological polar surface area (TPSA) is 66.5 Å². The van der Waals surface area contributed by atoms with Gasteiger partial charge in [0.1, 0.15) is 0 Å². The number of benzene rings is 2. The SMILES string of the molecule is Cc1cc(C(C)(C)C)cc(C)c1CCNC(=O)c1ccc(CN2C(=O)CCC2=O)cc1. The fourth-order valence-electron chi connectivity index (χ4n) is 3.97. The van der Waals surface area contributed by atoms with Crippen LogP contribution in [0.3, 0.4) is 0 Å². The van der Waals surface area contributed by atoms with Crippen LogP contribution in [0.1, 0.15) is 71.8 Å². The van der Waals surface area contributed by atoms with E-state index < -0.39 is 0 Å². The van der Waals surface area contributed by atoms with Crippen molar-refractivity contribution in [2.75, 3.05) is 6.54 Å². The lowest BCUT2D eigenvalue weighted by Crippen LogP contribution is -2.28. The molecular weight excluding hydrogens is 388 g/mol. The molecule has 3 rings (SSSR count). The Morgan fingerprint density at radius 2 is 1.52 bits per heavy atom. The van der Waals surface area contributed by atoms with Crippen LogP contribution in [0.4, 0.5) is 0 Å². The summed E-state index contributed by atoms with van der Waals surface area (Å²) in [5, 5.41) is 3.00.